The molecule has 0 aliphatic rings. The second-order valence-corrected chi connectivity index (χ2v) is 10.4. The molecule has 3 aromatic carbocycles. The number of halogens is 1. The lowest BCUT2D eigenvalue weighted by atomic mass is 9.86. The third-order valence-corrected chi connectivity index (χ3v) is 6.44. The monoisotopic (exact) mass is 490 g/mol. The molecule has 0 bridgehead atoms. The van der Waals surface area contributed by atoms with Gasteiger partial charge < -0.3 is 10.2 Å². The molecule has 4 nitrogen and oxygen atoms in total. The first-order valence-corrected chi connectivity index (χ1v) is 12.4. The van der Waals surface area contributed by atoms with Gasteiger partial charge in [0.2, 0.25) is 11.8 Å². The average molecular weight is 491 g/mol. The van der Waals surface area contributed by atoms with Crippen molar-refractivity contribution in [3.8, 4) is 0 Å². The van der Waals surface area contributed by atoms with Crippen LogP contribution in [-0.4, -0.2) is 29.8 Å². The van der Waals surface area contributed by atoms with E-state index in [1.807, 2.05) is 48.5 Å². The molecular weight excluding hydrogens is 456 g/mol. The lowest BCUT2D eigenvalue weighted by Crippen LogP contribution is -2.49. The topological polar surface area (TPSA) is 49.4 Å². The number of aryl methyl sites for hydroxylation is 1. The number of benzene rings is 3. The number of nitrogens with zero attached hydrogens (tertiary/aromatic N) is 1. The van der Waals surface area contributed by atoms with Gasteiger partial charge in [-0.15, -0.1) is 0 Å². The van der Waals surface area contributed by atoms with Crippen LogP contribution in [-0.2, 0) is 34.4 Å². The molecular formula is C30H35ClN2O2. The molecule has 1 atom stereocenters. The highest BCUT2D eigenvalue weighted by Gasteiger charge is 2.29. The summed E-state index contributed by atoms with van der Waals surface area (Å²) in [6, 6.07) is 25.1. The normalized spacial score (nSPS) is 12.1. The van der Waals surface area contributed by atoms with E-state index in [1.54, 1.807) is 18.0 Å². The molecule has 3 aromatic rings. The SMILES string of the molecule is CNC(=O)[C@H](Cc1ccccc1)N(Cc1cccc(Cl)c1)C(=O)CCc1ccc(C(C)(C)C)cc1. The van der Waals surface area contributed by atoms with Crippen molar-refractivity contribution in [2.24, 2.45) is 0 Å². The van der Waals surface area contributed by atoms with Crippen molar-refractivity contribution >= 4 is 23.4 Å². The van der Waals surface area contributed by atoms with Gasteiger partial charge in [-0.25, -0.2) is 0 Å². The molecule has 0 unspecified atom stereocenters. The van der Waals surface area contributed by atoms with E-state index in [0.29, 0.717) is 30.8 Å². The molecule has 1 N–H and O–H groups in total. The van der Waals surface area contributed by atoms with Gasteiger partial charge in [-0.2, -0.15) is 0 Å². The van der Waals surface area contributed by atoms with Crippen LogP contribution >= 0.6 is 11.6 Å². The molecule has 2 amide bonds. The van der Waals surface area contributed by atoms with Crippen LogP contribution in [0.1, 0.15) is 49.4 Å². The Bertz CT molecular complexity index is 1120. The summed E-state index contributed by atoms with van der Waals surface area (Å²) < 4.78 is 0. The van der Waals surface area contributed by atoms with Gasteiger partial charge in [0.1, 0.15) is 6.04 Å². The predicted octanol–water partition coefficient (Wildman–Crippen LogP) is 5.96. The first-order valence-electron chi connectivity index (χ1n) is 12.1. The number of carbonyl (C=O) groups is 2. The lowest BCUT2D eigenvalue weighted by molar-refractivity contribution is -0.141. The summed E-state index contributed by atoms with van der Waals surface area (Å²) in [6.45, 7) is 6.87. The Morgan fingerprint density at radius 2 is 1.54 bits per heavy atom. The fourth-order valence-corrected chi connectivity index (χ4v) is 4.33. The van der Waals surface area contributed by atoms with Crippen LogP contribution in [0.15, 0.2) is 78.9 Å². The van der Waals surface area contributed by atoms with Crippen LogP contribution in [0.3, 0.4) is 0 Å². The number of likely N-dealkylation sites (N-methyl/N-ethyl adjacent to an activating group) is 1. The average Bonchev–Trinajstić information content (AvgIpc) is 2.84. The molecule has 0 aliphatic carbocycles. The van der Waals surface area contributed by atoms with Crippen LogP contribution in [0.25, 0.3) is 0 Å². The molecule has 0 fully saturated rings. The fraction of sp³-hybridized carbons (Fsp3) is 0.333. The van der Waals surface area contributed by atoms with Crippen LogP contribution in [0, 0.1) is 0 Å². The summed E-state index contributed by atoms with van der Waals surface area (Å²) in [5, 5.41) is 3.36. The molecule has 0 spiro atoms. The maximum atomic E-state index is 13.6. The minimum absolute atomic E-state index is 0.0607. The van der Waals surface area contributed by atoms with E-state index in [1.165, 1.54) is 5.56 Å². The lowest BCUT2D eigenvalue weighted by Gasteiger charge is -2.31. The second kappa shape index (κ2) is 12.0. The number of hydrogen-bond acceptors (Lipinski definition) is 2. The quantitative estimate of drug-likeness (QED) is 0.402. The molecule has 3 rings (SSSR count). The summed E-state index contributed by atoms with van der Waals surface area (Å²) in [5.41, 5.74) is 4.34. The van der Waals surface area contributed by atoms with Gasteiger partial charge in [0, 0.05) is 31.5 Å². The van der Waals surface area contributed by atoms with Gasteiger partial charge in [-0.3, -0.25) is 9.59 Å². The first-order chi connectivity index (χ1) is 16.7. The Kier molecular flexibility index (Phi) is 9.11. The fourth-order valence-electron chi connectivity index (χ4n) is 4.12. The summed E-state index contributed by atoms with van der Waals surface area (Å²) >= 11 is 6.21. The third kappa shape index (κ3) is 7.69. The maximum Gasteiger partial charge on any atom is 0.242 e. The van der Waals surface area contributed by atoms with Gasteiger partial charge in [-0.05, 0) is 46.2 Å². The van der Waals surface area contributed by atoms with Crippen LogP contribution < -0.4 is 5.32 Å². The standard InChI is InChI=1S/C30H35ClN2O2/c1-30(2,3)25-16-13-22(14-17-25)15-18-28(34)33(21-24-11-8-12-26(31)19-24)27(29(35)32-4)20-23-9-6-5-7-10-23/h5-14,16-17,19,27H,15,18,20-21H2,1-4H3,(H,32,35)/t27-/m0/s1. The molecule has 0 saturated heterocycles. The Balaban J connectivity index is 1.84. The van der Waals surface area contributed by atoms with Crippen molar-refractivity contribution < 1.29 is 9.59 Å². The number of carbonyl (C=O) groups excluding carboxylic acids is 2. The molecule has 0 saturated carbocycles. The zero-order valence-corrected chi connectivity index (χ0v) is 21.8. The maximum absolute atomic E-state index is 13.6. The minimum Gasteiger partial charge on any atom is -0.357 e. The molecule has 0 heterocycles. The van der Waals surface area contributed by atoms with E-state index >= 15 is 0 Å². The second-order valence-electron chi connectivity index (χ2n) is 9.92. The Hall–Kier alpha value is -3.11. The van der Waals surface area contributed by atoms with Gasteiger partial charge in [-0.1, -0.05) is 99.1 Å². The number of amides is 2. The summed E-state index contributed by atoms with van der Waals surface area (Å²) in [7, 11) is 1.61. The highest BCUT2D eigenvalue weighted by Crippen LogP contribution is 2.23. The van der Waals surface area contributed by atoms with Gasteiger partial charge in [0.25, 0.3) is 0 Å². The van der Waals surface area contributed by atoms with Crippen molar-refractivity contribution in [1.82, 2.24) is 10.2 Å². The smallest absolute Gasteiger partial charge is 0.242 e. The van der Waals surface area contributed by atoms with Crippen LogP contribution in [0.5, 0.6) is 0 Å². The molecule has 184 valence electrons. The molecule has 0 aromatic heterocycles. The number of hydrogen-bond donors (Lipinski definition) is 1. The number of rotatable bonds is 9. The highest BCUT2D eigenvalue weighted by molar-refractivity contribution is 6.30. The zero-order valence-electron chi connectivity index (χ0n) is 21.1. The minimum atomic E-state index is -0.628. The van der Waals surface area contributed by atoms with Gasteiger partial charge >= 0.3 is 0 Å². The van der Waals surface area contributed by atoms with E-state index in [2.05, 4.69) is 50.4 Å². The predicted molar refractivity (Wildman–Crippen MR) is 143 cm³/mol. The summed E-state index contributed by atoms with van der Waals surface area (Å²) in [6.07, 6.45) is 1.37. The highest BCUT2D eigenvalue weighted by atomic mass is 35.5. The van der Waals surface area contributed by atoms with Crippen molar-refractivity contribution in [1.29, 1.82) is 0 Å². The summed E-state index contributed by atoms with van der Waals surface area (Å²) in [5.74, 6) is -0.242. The van der Waals surface area contributed by atoms with Crippen molar-refractivity contribution in [2.75, 3.05) is 7.05 Å². The van der Waals surface area contributed by atoms with Crippen molar-refractivity contribution in [3.63, 3.8) is 0 Å². The van der Waals surface area contributed by atoms with E-state index < -0.39 is 6.04 Å². The Morgan fingerprint density at radius 1 is 0.886 bits per heavy atom. The van der Waals surface area contributed by atoms with E-state index in [4.69, 9.17) is 11.6 Å². The molecule has 0 aliphatic heterocycles. The third-order valence-electron chi connectivity index (χ3n) is 6.21. The zero-order chi connectivity index (χ0) is 25.4. The van der Waals surface area contributed by atoms with Crippen LogP contribution in [0.4, 0.5) is 0 Å². The van der Waals surface area contributed by atoms with Crippen LogP contribution in [0.2, 0.25) is 5.02 Å². The van der Waals surface area contributed by atoms with Gasteiger partial charge in [0.05, 0.1) is 0 Å². The number of nitrogens with one attached hydrogen (secondary N) is 1. The van der Waals surface area contributed by atoms with E-state index in [0.717, 1.165) is 16.7 Å². The van der Waals surface area contributed by atoms with E-state index in [-0.39, 0.29) is 17.2 Å². The Morgan fingerprint density at radius 3 is 2.14 bits per heavy atom. The van der Waals surface area contributed by atoms with Crippen molar-refractivity contribution in [2.45, 2.75) is 58.0 Å². The van der Waals surface area contributed by atoms with E-state index in [9.17, 15) is 9.59 Å². The molecule has 5 heteroatoms. The summed E-state index contributed by atoms with van der Waals surface area (Å²) in [4.78, 5) is 28.3. The largest absolute Gasteiger partial charge is 0.357 e. The molecule has 0 radical (unpaired) electrons. The first kappa shape index (κ1) is 26.5. The Labute approximate surface area is 214 Å². The molecule has 35 heavy (non-hydrogen) atoms. The van der Waals surface area contributed by atoms with Gasteiger partial charge in [0.15, 0.2) is 0 Å². The van der Waals surface area contributed by atoms with Crippen molar-refractivity contribution in [3.05, 3.63) is 106 Å².